The van der Waals surface area contributed by atoms with Gasteiger partial charge in [-0.3, -0.25) is 4.79 Å². The van der Waals surface area contributed by atoms with Crippen LogP contribution >= 0.6 is 11.6 Å². The number of amides is 1. The van der Waals surface area contributed by atoms with Crippen molar-refractivity contribution < 1.29 is 9.53 Å². The Bertz CT molecular complexity index is 391. The molecule has 1 saturated heterocycles. The molecule has 0 unspecified atom stereocenters. The summed E-state index contributed by atoms with van der Waals surface area (Å²) in [6.45, 7) is 0.808. The molecular formula is C13H16ClNO2. The molecule has 1 aromatic carbocycles. The Kier molecular flexibility index (Phi) is 3.89. The Morgan fingerprint density at radius 2 is 2.18 bits per heavy atom. The lowest BCUT2D eigenvalue weighted by molar-refractivity contribution is -0.129. The summed E-state index contributed by atoms with van der Waals surface area (Å²) in [5, 5.41) is 0. The number of carbonyl (C=O) groups excluding carboxylic acids is 1. The molecule has 0 bridgehead atoms. The number of halogens is 1. The Labute approximate surface area is 106 Å². The number of likely N-dealkylation sites (tertiary alicyclic amines) is 1. The number of alkyl halides is 1. The Morgan fingerprint density at radius 1 is 1.47 bits per heavy atom. The van der Waals surface area contributed by atoms with Crippen LogP contribution in [0.2, 0.25) is 0 Å². The van der Waals surface area contributed by atoms with Crippen LogP contribution in [0, 0.1) is 0 Å². The molecule has 1 atom stereocenters. The molecule has 1 fully saturated rings. The zero-order valence-electron chi connectivity index (χ0n) is 9.86. The average Bonchev–Trinajstić information content (AvgIpc) is 2.87. The van der Waals surface area contributed by atoms with Crippen LogP contribution in [0.5, 0.6) is 5.75 Å². The molecule has 0 saturated carbocycles. The smallest absolute Gasteiger partial charge is 0.238 e. The van der Waals surface area contributed by atoms with Gasteiger partial charge in [-0.15, -0.1) is 11.6 Å². The summed E-state index contributed by atoms with van der Waals surface area (Å²) in [7, 11) is 1.65. The Hall–Kier alpha value is -1.22. The van der Waals surface area contributed by atoms with E-state index in [-0.39, 0.29) is 17.8 Å². The molecule has 3 nitrogen and oxygen atoms in total. The first-order valence-corrected chi connectivity index (χ1v) is 6.29. The van der Waals surface area contributed by atoms with Crippen LogP contribution in [0.25, 0.3) is 0 Å². The number of benzene rings is 1. The van der Waals surface area contributed by atoms with Crippen LogP contribution in [0.1, 0.15) is 24.4 Å². The molecule has 4 heteroatoms. The number of nitrogens with zero attached hydrogens (tertiary/aromatic N) is 1. The maximum atomic E-state index is 11.7. The first-order valence-electron chi connectivity index (χ1n) is 5.75. The van der Waals surface area contributed by atoms with Crippen molar-refractivity contribution in [1.82, 2.24) is 4.90 Å². The summed E-state index contributed by atoms with van der Waals surface area (Å²) < 4.78 is 5.13. The minimum absolute atomic E-state index is 0.0185. The van der Waals surface area contributed by atoms with Crippen molar-refractivity contribution in [3.05, 3.63) is 29.8 Å². The number of carbonyl (C=O) groups is 1. The van der Waals surface area contributed by atoms with Crippen molar-refractivity contribution in [3.8, 4) is 5.75 Å². The first kappa shape index (κ1) is 12.2. The minimum atomic E-state index is 0.0185. The third-order valence-corrected chi connectivity index (χ3v) is 3.42. The molecule has 0 aromatic heterocycles. The van der Waals surface area contributed by atoms with E-state index >= 15 is 0 Å². The van der Waals surface area contributed by atoms with E-state index in [1.165, 1.54) is 0 Å². The number of hydrogen-bond donors (Lipinski definition) is 0. The van der Waals surface area contributed by atoms with Gasteiger partial charge in [-0.2, -0.15) is 0 Å². The van der Waals surface area contributed by atoms with E-state index in [0.29, 0.717) is 0 Å². The van der Waals surface area contributed by atoms with Gasteiger partial charge in [0.15, 0.2) is 0 Å². The van der Waals surface area contributed by atoms with Gasteiger partial charge >= 0.3 is 0 Å². The van der Waals surface area contributed by atoms with E-state index in [9.17, 15) is 4.79 Å². The van der Waals surface area contributed by atoms with Gasteiger partial charge in [0.1, 0.15) is 11.6 Å². The summed E-state index contributed by atoms with van der Waals surface area (Å²) in [4.78, 5) is 13.6. The van der Waals surface area contributed by atoms with Crippen molar-refractivity contribution in [2.24, 2.45) is 0 Å². The van der Waals surface area contributed by atoms with Crippen molar-refractivity contribution in [2.45, 2.75) is 18.9 Å². The second-order valence-electron chi connectivity index (χ2n) is 4.15. The lowest BCUT2D eigenvalue weighted by atomic mass is 10.0. The van der Waals surface area contributed by atoms with E-state index < -0.39 is 0 Å². The maximum Gasteiger partial charge on any atom is 0.238 e. The van der Waals surface area contributed by atoms with Crippen LogP contribution in [0.4, 0.5) is 0 Å². The highest BCUT2D eigenvalue weighted by Crippen LogP contribution is 2.32. The highest BCUT2D eigenvalue weighted by molar-refractivity contribution is 6.27. The van der Waals surface area contributed by atoms with Crippen LogP contribution < -0.4 is 4.74 Å². The molecule has 92 valence electrons. The maximum absolute atomic E-state index is 11.7. The number of hydrogen-bond acceptors (Lipinski definition) is 2. The Morgan fingerprint density at radius 3 is 2.76 bits per heavy atom. The predicted octanol–water partition coefficient (Wildman–Crippen LogP) is 2.60. The second kappa shape index (κ2) is 5.41. The summed E-state index contributed by atoms with van der Waals surface area (Å²) in [6, 6.07) is 8.06. The van der Waals surface area contributed by atoms with E-state index in [4.69, 9.17) is 16.3 Å². The van der Waals surface area contributed by atoms with Gasteiger partial charge in [0, 0.05) is 6.54 Å². The fourth-order valence-electron chi connectivity index (χ4n) is 2.31. The van der Waals surface area contributed by atoms with Gasteiger partial charge in [0.25, 0.3) is 0 Å². The molecule has 0 radical (unpaired) electrons. The zero-order valence-corrected chi connectivity index (χ0v) is 10.6. The molecule has 17 heavy (non-hydrogen) atoms. The standard InChI is InChI=1S/C13H16ClNO2/c1-17-11-6-4-10(5-7-11)12-3-2-8-15(12)13(16)9-14/h4-7,12H,2-3,8-9H2,1H3/t12-/m0/s1. The molecule has 1 amide bonds. The second-order valence-corrected chi connectivity index (χ2v) is 4.42. The molecule has 1 aliphatic heterocycles. The predicted molar refractivity (Wildman–Crippen MR) is 67.4 cm³/mol. The van der Waals surface area contributed by atoms with Crippen LogP contribution in [-0.4, -0.2) is 30.3 Å². The van der Waals surface area contributed by atoms with Gasteiger partial charge in [-0.25, -0.2) is 0 Å². The quantitative estimate of drug-likeness (QED) is 0.775. The van der Waals surface area contributed by atoms with Gasteiger partial charge in [-0.1, -0.05) is 12.1 Å². The minimum Gasteiger partial charge on any atom is -0.497 e. The van der Waals surface area contributed by atoms with Gasteiger partial charge < -0.3 is 9.64 Å². The van der Waals surface area contributed by atoms with Crippen molar-refractivity contribution in [3.63, 3.8) is 0 Å². The van der Waals surface area contributed by atoms with E-state index in [1.54, 1.807) is 7.11 Å². The molecular weight excluding hydrogens is 238 g/mol. The SMILES string of the molecule is COc1ccc([C@@H]2CCCN2C(=O)CCl)cc1. The summed E-state index contributed by atoms with van der Waals surface area (Å²) in [5.74, 6) is 0.916. The zero-order chi connectivity index (χ0) is 12.3. The van der Waals surface area contributed by atoms with E-state index in [0.717, 1.165) is 30.7 Å². The number of methoxy groups -OCH3 is 1. The largest absolute Gasteiger partial charge is 0.497 e. The number of rotatable bonds is 3. The average molecular weight is 254 g/mol. The molecule has 0 spiro atoms. The van der Waals surface area contributed by atoms with Crippen molar-refractivity contribution >= 4 is 17.5 Å². The molecule has 0 aliphatic carbocycles. The summed E-state index contributed by atoms with van der Waals surface area (Å²) in [6.07, 6.45) is 2.05. The highest BCUT2D eigenvalue weighted by Gasteiger charge is 2.29. The monoisotopic (exact) mass is 253 g/mol. The first-order chi connectivity index (χ1) is 8.26. The fraction of sp³-hybridized carbons (Fsp3) is 0.462. The summed E-state index contributed by atoms with van der Waals surface area (Å²) in [5.41, 5.74) is 1.15. The van der Waals surface area contributed by atoms with E-state index in [2.05, 4.69) is 0 Å². The molecule has 1 heterocycles. The molecule has 0 N–H and O–H groups in total. The third kappa shape index (κ3) is 2.55. The van der Waals surface area contributed by atoms with Crippen LogP contribution in [0.3, 0.4) is 0 Å². The highest BCUT2D eigenvalue weighted by atomic mass is 35.5. The number of ether oxygens (including phenoxy) is 1. The molecule has 1 aliphatic rings. The fourth-order valence-corrected chi connectivity index (χ4v) is 2.47. The lowest BCUT2D eigenvalue weighted by Gasteiger charge is -2.24. The van der Waals surface area contributed by atoms with Crippen LogP contribution in [-0.2, 0) is 4.79 Å². The topological polar surface area (TPSA) is 29.5 Å². The van der Waals surface area contributed by atoms with Crippen molar-refractivity contribution in [2.75, 3.05) is 19.5 Å². The molecule has 1 aromatic rings. The van der Waals surface area contributed by atoms with Crippen molar-refractivity contribution in [1.29, 1.82) is 0 Å². The van der Waals surface area contributed by atoms with Gasteiger partial charge in [0.05, 0.1) is 13.2 Å². The normalized spacial score (nSPS) is 19.4. The Balaban J connectivity index is 2.17. The lowest BCUT2D eigenvalue weighted by Crippen LogP contribution is -2.31. The summed E-state index contributed by atoms with van der Waals surface area (Å²) >= 11 is 5.62. The third-order valence-electron chi connectivity index (χ3n) is 3.19. The molecule has 2 rings (SSSR count). The van der Waals surface area contributed by atoms with Gasteiger partial charge in [-0.05, 0) is 30.5 Å². The van der Waals surface area contributed by atoms with E-state index in [1.807, 2.05) is 29.2 Å². The van der Waals surface area contributed by atoms with Crippen LogP contribution in [0.15, 0.2) is 24.3 Å². The van der Waals surface area contributed by atoms with Gasteiger partial charge in [0.2, 0.25) is 5.91 Å².